The van der Waals surface area contributed by atoms with E-state index in [9.17, 15) is 14.7 Å². The first-order valence-corrected chi connectivity index (χ1v) is 8.91. The number of nitrogens with zero attached hydrogens (tertiary/aromatic N) is 2. The number of carbonyl (C=O) groups excluding carboxylic acids is 1. The Kier molecular flexibility index (Phi) is 5.51. The van der Waals surface area contributed by atoms with E-state index >= 15 is 0 Å². The summed E-state index contributed by atoms with van der Waals surface area (Å²) in [4.78, 5) is 30.6. The highest BCUT2D eigenvalue weighted by atomic mass is 16.4. The number of amides is 1. The zero-order valence-corrected chi connectivity index (χ0v) is 14.9. The van der Waals surface area contributed by atoms with Crippen molar-refractivity contribution in [2.24, 2.45) is 0 Å². The second kappa shape index (κ2) is 7.99. The fourth-order valence-corrected chi connectivity index (χ4v) is 3.24. The van der Waals surface area contributed by atoms with Crippen LogP contribution in [-0.2, 0) is 0 Å². The molecule has 6 heteroatoms. The van der Waals surface area contributed by atoms with Gasteiger partial charge in [0, 0.05) is 18.7 Å². The molecule has 0 bridgehead atoms. The van der Waals surface area contributed by atoms with Crippen LogP contribution in [0.25, 0.3) is 0 Å². The van der Waals surface area contributed by atoms with E-state index in [0.29, 0.717) is 17.1 Å². The number of benzene rings is 1. The van der Waals surface area contributed by atoms with Crippen LogP contribution in [0, 0.1) is 6.92 Å². The van der Waals surface area contributed by atoms with Crippen molar-refractivity contribution < 1.29 is 14.7 Å². The summed E-state index contributed by atoms with van der Waals surface area (Å²) in [6, 6.07) is 8.75. The minimum absolute atomic E-state index is 0.120. The summed E-state index contributed by atoms with van der Waals surface area (Å²) >= 11 is 0. The molecule has 1 aromatic carbocycles. The van der Waals surface area contributed by atoms with E-state index in [1.165, 1.54) is 12.3 Å². The van der Waals surface area contributed by atoms with Crippen molar-refractivity contribution in [3.8, 4) is 0 Å². The lowest BCUT2D eigenvalue weighted by atomic mass is 10.1. The lowest BCUT2D eigenvalue weighted by Crippen LogP contribution is -2.27. The standard InChI is InChI=1S/C20H23N3O3/c1-14-8-4-5-9-16(14)19(24)22-15-12-17(20(25)26)18(21-13-15)23-10-6-2-3-7-11-23/h4-5,8-9,12-13H,2-3,6-7,10-11H2,1H3,(H,22,24)(H,25,26). The van der Waals surface area contributed by atoms with Gasteiger partial charge in [0.05, 0.1) is 11.9 Å². The molecule has 0 spiro atoms. The van der Waals surface area contributed by atoms with Crippen LogP contribution in [0.3, 0.4) is 0 Å². The summed E-state index contributed by atoms with van der Waals surface area (Å²) in [6.07, 6.45) is 5.91. The first-order chi connectivity index (χ1) is 12.6. The summed E-state index contributed by atoms with van der Waals surface area (Å²) in [5, 5.41) is 12.4. The minimum Gasteiger partial charge on any atom is -0.478 e. The lowest BCUT2D eigenvalue weighted by molar-refractivity contribution is 0.0696. The molecule has 136 valence electrons. The largest absolute Gasteiger partial charge is 0.478 e. The second-order valence-electron chi connectivity index (χ2n) is 6.57. The monoisotopic (exact) mass is 353 g/mol. The van der Waals surface area contributed by atoms with Gasteiger partial charge in [-0.2, -0.15) is 0 Å². The molecular weight excluding hydrogens is 330 g/mol. The molecule has 1 aliphatic rings. The molecule has 0 saturated carbocycles. The Morgan fingerprint density at radius 1 is 1.08 bits per heavy atom. The predicted octanol–water partition coefficient (Wildman–Crippen LogP) is 3.72. The SMILES string of the molecule is Cc1ccccc1C(=O)Nc1cnc(N2CCCCCC2)c(C(=O)O)c1. The average molecular weight is 353 g/mol. The Bertz CT molecular complexity index is 812. The molecule has 3 rings (SSSR count). The number of rotatable bonds is 4. The smallest absolute Gasteiger partial charge is 0.339 e. The quantitative estimate of drug-likeness (QED) is 0.875. The number of hydrogen-bond acceptors (Lipinski definition) is 4. The molecule has 2 aromatic rings. The molecule has 1 fully saturated rings. The molecule has 1 aliphatic heterocycles. The maximum Gasteiger partial charge on any atom is 0.339 e. The molecule has 0 atom stereocenters. The van der Waals surface area contributed by atoms with Crippen molar-refractivity contribution in [3.05, 3.63) is 53.2 Å². The Labute approximate surface area is 152 Å². The number of carboxylic acid groups (broad SMARTS) is 1. The fourth-order valence-electron chi connectivity index (χ4n) is 3.24. The fraction of sp³-hybridized carbons (Fsp3) is 0.350. The summed E-state index contributed by atoms with van der Waals surface area (Å²) in [7, 11) is 0. The highest BCUT2D eigenvalue weighted by Gasteiger charge is 2.20. The normalized spacial score (nSPS) is 14.6. The van der Waals surface area contributed by atoms with Gasteiger partial charge in [0.25, 0.3) is 5.91 Å². The number of aromatic carboxylic acids is 1. The van der Waals surface area contributed by atoms with Crippen molar-refractivity contribution >= 4 is 23.4 Å². The Hall–Kier alpha value is -2.89. The number of pyridine rings is 1. The molecule has 2 N–H and O–H groups in total. The summed E-state index contributed by atoms with van der Waals surface area (Å²) in [5.74, 6) is -0.833. The highest BCUT2D eigenvalue weighted by molar-refractivity contribution is 6.06. The molecule has 0 aliphatic carbocycles. The third kappa shape index (κ3) is 4.02. The molecule has 1 amide bonds. The first kappa shape index (κ1) is 17.9. The van der Waals surface area contributed by atoms with E-state index in [4.69, 9.17) is 0 Å². The molecule has 2 heterocycles. The van der Waals surface area contributed by atoms with Gasteiger partial charge in [0.2, 0.25) is 0 Å². The van der Waals surface area contributed by atoms with Crippen molar-refractivity contribution in [1.29, 1.82) is 0 Å². The minimum atomic E-state index is -1.04. The zero-order valence-electron chi connectivity index (χ0n) is 14.9. The van der Waals surface area contributed by atoms with Crippen LogP contribution < -0.4 is 10.2 Å². The van der Waals surface area contributed by atoms with E-state index in [-0.39, 0.29) is 11.5 Å². The summed E-state index contributed by atoms with van der Waals surface area (Å²) < 4.78 is 0. The van der Waals surface area contributed by atoms with Crippen LogP contribution in [0.15, 0.2) is 36.5 Å². The highest BCUT2D eigenvalue weighted by Crippen LogP contribution is 2.24. The van der Waals surface area contributed by atoms with E-state index in [2.05, 4.69) is 10.3 Å². The molecule has 6 nitrogen and oxygen atoms in total. The van der Waals surface area contributed by atoms with Crippen LogP contribution in [0.1, 0.15) is 52.0 Å². The van der Waals surface area contributed by atoms with Gasteiger partial charge >= 0.3 is 5.97 Å². The van der Waals surface area contributed by atoms with Gasteiger partial charge in [-0.15, -0.1) is 0 Å². The molecular formula is C20H23N3O3. The number of hydrogen-bond donors (Lipinski definition) is 2. The molecule has 0 unspecified atom stereocenters. The van der Waals surface area contributed by atoms with Crippen LogP contribution in [0.2, 0.25) is 0 Å². The second-order valence-corrected chi connectivity index (χ2v) is 6.57. The Morgan fingerprint density at radius 2 is 1.77 bits per heavy atom. The van der Waals surface area contributed by atoms with Gasteiger partial charge < -0.3 is 15.3 Å². The summed E-state index contributed by atoms with van der Waals surface area (Å²) in [5.41, 5.74) is 1.92. The third-order valence-corrected chi connectivity index (χ3v) is 4.65. The third-order valence-electron chi connectivity index (χ3n) is 4.65. The lowest BCUT2D eigenvalue weighted by Gasteiger charge is -2.23. The van der Waals surface area contributed by atoms with Crippen molar-refractivity contribution in [2.45, 2.75) is 32.6 Å². The Balaban J connectivity index is 1.85. The molecule has 1 aromatic heterocycles. The zero-order chi connectivity index (χ0) is 18.5. The summed E-state index contributed by atoms with van der Waals surface area (Å²) in [6.45, 7) is 3.47. The number of carbonyl (C=O) groups is 2. The number of anilines is 2. The topological polar surface area (TPSA) is 82.5 Å². The average Bonchev–Trinajstić information content (AvgIpc) is 2.91. The van der Waals surface area contributed by atoms with Crippen molar-refractivity contribution in [1.82, 2.24) is 4.98 Å². The van der Waals surface area contributed by atoms with Gasteiger partial charge in [0.15, 0.2) is 0 Å². The van der Waals surface area contributed by atoms with E-state index in [1.807, 2.05) is 24.0 Å². The van der Waals surface area contributed by atoms with Crippen molar-refractivity contribution in [2.75, 3.05) is 23.3 Å². The van der Waals surface area contributed by atoms with E-state index in [1.54, 1.807) is 12.1 Å². The molecule has 1 saturated heterocycles. The van der Waals surface area contributed by atoms with Gasteiger partial charge in [0.1, 0.15) is 11.4 Å². The van der Waals surface area contributed by atoms with Crippen molar-refractivity contribution in [3.63, 3.8) is 0 Å². The van der Waals surface area contributed by atoms with Crippen LogP contribution in [-0.4, -0.2) is 35.1 Å². The van der Waals surface area contributed by atoms with Gasteiger partial charge in [-0.3, -0.25) is 4.79 Å². The van der Waals surface area contributed by atoms with Gasteiger partial charge in [-0.1, -0.05) is 31.0 Å². The van der Waals surface area contributed by atoms with E-state index < -0.39 is 5.97 Å². The van der Waals surface area contributed by atoms with Crippen LogP contribution >= 0.6 is 0 Å². The van der Waals surface area contributed by atoms with E-state index in [0.717, 1.165) is 44.3 Å². The maximum atomic E-state index is 12.5. The van der Waals surface area contributed by atoms with Crippen LogP contribution in [0.4, 0.5) is 11.5 Å². The Morgan fingerprint density at radius 3 is 2.42 bits per heavy atom. The number of nitrogens with one attached hydrogen (secondary N) is 1. The molecule has 0 radical (unpaired) electrons. The van der Waals surface area contributed by atoms with Gasteiger partial charge in [-0.05, 0) is 37.5 Å². The van der Waals surface area contributed by atoms with Gasteiger partial charge in [-0.25, -0.2) is 9.78 Å². The van der Waals surface area contributed by atoms with Crippen LogP contribution in [0.5, 0.6) is 0 Å². The number of aromatic nitrogens is 1. The predicted molar refractivity (Wildman–Crippen MR) is 101 cm³/mol. The maximum absolute atomic E-state index is 12.5. The number of aryl methyl sites for hydroxylation is 1. The first-order valence-electron chi connectivity index (χ1n) is 8.91. The molecule has 26 heavy (non-hydrogen) atoms. The number of carboxylic acids is 1.